The second kappa shape index (κ2) is 8.45. The number of nitrogens with zero attached hydrogens (tertiary/aromatic N) is 2. The highest BCUT2D eigenvalue weighted by Crippen LogP contribution is 2.25. The Hall–Kier alpha value is -2.18. The van der Waals surface area contributed by atoms with Gasteiger partial charge >= 0.3 is 0 Å². The molecule has 1 aromatic carbocycles. The van der Waals surface area contributed by atoms with Gasteiger partial charge in [0.05, 0.1) is 13.7 Å². The second-order valence-corrected chi connectivity index (χ2v) is 5.35. The Bertz CT molecular complexity index is 702. The third kappa shape index (κ3) is 4.40. The van der Waals surface area contributed by atoms with Crippen molar-refractivity contribution in [1.29, 1.82) is 0 Å². The van der Waals surface area contributed by atoms with Crippen molar-refractivity contribution in [2.75, 3.05) is 20.5 Å². The summed E-state index contributed by atoms with van der Waals surface area (Å²) in [5.74, 6) is 0.423. The van der Waals surface area contributed by atoms with Gasteiger partial charge < -0.3 is 9.47 Å². The van der Waals surface area contributed by atoms with E-state index in [0.717, 1.165) is 0 Å². The molecule has 0 N–H and O–H groups in total. The number of hydrogen-bond donors (Lipinski definition) is 0. The van der Waals surface area contributed by atoms with Crippen LogP contribution in [0.15, 0.2) is 41.6 Å². The van der Waals surface area contributed by atoms with E-state index in [1.807, 2.05) is 24.5 Å². The number of hydrogen-bond acceptors (Lipinski definition) is 6. The van der Waals surface area contributed by atoms with Crippen LogP contribution in [0.2, 0.25) is 0 Å². The van der Waals surface area contributed by atoms with Crippen LogP contribution in [-0.2, 0) is 11.3 Å². The van der Waals surface area contributed by atoms with Gasteiger partial charge in [0.25, 0.3) is 0 Å². The largest absolute Gasteiger partial charge is 0.492 e. The molecule has 0 unspecified atom stereocenters. The molecule has 23 heavy (non-hydrogen) atoms. The van der Waals surface area contributed by atoms with Crippen molar-refractivity contribution in [1.82, 2.24) is 9.97 Å². The van der Waals surface area contributed by atoms with E-state index in [9.17, 15) is 4.79 Å². The zero-order valence-corrected chi connectivity index (χ0v) is 14.1. The lowest BCUT2D eigenvalue weighted by Crippen LogP contribution is -2.04. The van der Waals surface area contributed by atoms with Crippen molar-refractivity contribution in [2.45, 2.75) is 11.8 Å². The van der Waals surface area contributed by atoms with Crippen molar-refractivity contribution >= 4 is 23.6 Å². The van der Waals surface area contributed by atoms with Crippen molar-refractivity contribution in [3.63, 3.8) is 0 Å². The molecule has 2 aromatic rings. The molecule has 6 heteroatoms. The molecule has 0 aliphatic rings. The van der Waals surface area contributed by atoms with Gasteiger partial charge in [-0.2, -0.15) is 0 Å². The summed E-state index contributed by atoms with van der Waals surface area (Å²) in [6.07, 6.45) is 5.02. The average molecular weight is 330 g/mol. The zero-order valence-electron chi connectivity index (χ0n) is 13.3. The summed E-state index contributed by atoms with van der Waals surface area (Å²) in [6.45, 7) is 0.312. The minimum atomic E-state index is -0.0924. The molecule has 0 amide bonds. The van der Waals surface area contributed by atoms with E-state index >= 15 is 0 Å². The van der Waals surface area contributed by atoms with Gasteiger partial charge in [-0.25, -0.2) is 9.97 Å². The van der Waals surface area contributed by atoms with Crippen LogP contribution in [0.4, 0.5) is 0 Å². The number of allylic oxidation sites excluding steroid dienone is 1. The van der Waals surface area contributed by atoms with Gasteiger partial charge in [-0.05, 0) is 18.4 Å². The molecule has 0 saturated carbocycles. The number of methoxy groups -OCH3 is 2. The Morgan fingerprint density at radius 2 is 1.96 bits per heavy atom. The third-order valence-electron chi connectivity index (χ3n) is 3.06. The van der Waals surface area contributed by atoms with E-state index in [1.165, 1.54) is 17.8 Å². The zero-order chi connectivity index (χ0) is 16.7. The predicted molar refractivity (Wildman–Crippen MR) is 90.9 cm³/mol. The molecule has 0 bridgehead atoms. The molecule has 1 heterocycles. The van der Waals surface area contributed by atoms with Crippen molar-refractivity contribution in [2.24, 2.45) is 0 Å². The normalized spacial score (nSPS) is 10.9. The fraction of sp³-hybridized carbons (Fsp3) is 0.235. The molecular weight excluding hydrogens is 312 g/mol. The van der Waals surface area contributed by atoms with Gasteiger partial charge in [-0.15, -0.1) is 0 Å². The van der Waals surface area contributed by atoms with Crippen LogP contribution in [0, 0.1) is 0 Å². The summed E-state index contributed by atoms with van der Waals surface area (Å²) in [5.41, 5.74) is 1.84. The van der Waals surface area contributed by atoms with Gasteiger partial charge in [0.1, 0.15) is 11.4 Å². The first-order chi connectivity index (χ1) is 11.2. The van der Waals surface area contributed by atoms with Crippen molar-refractivity contribution in [3.8, 4) is 5.75 Å². The van der Waals surface area contributed by atoms with E-state index in [2.05, 4.69) is 9.97 Å². The first-order valence-corrected chi connectivity index (χ1v) is 8.17. The predicted octanol–water partition coefficient (Wildman–Crippen LogP) is 3.25. The summed E-state index contributed by atoms with van der Waals surface area (Å²) < 4.78 is 10.5. The lowest BCUT2D eigenvalue weighted by atomic mass is 10.1. The first kappa shape index (κ1) is 17.2. The molecular formula is C17H18N2O3S. The maximum Gasteiger partial charge on any atom is 0.188 e. The average Bonchev–Trinajstić information content (AvgIpc) is 2.60. The third-order valence-corrected chi connectivity index (χ3v) is 3.61. The Kier molecular flexibility index (Phi) is 6.31. The molecule has 0 aliphatic heterocycles. The molecule has 120 valence electrons. The van der Waals surface area contributed by atoms with Crippen molar-refractivity contribution < 1.29 is 14.3 Å². The van der Waals surface area contributed by atoms with Crippen LogP contribution in [-0.4, -0.2) is 36.2 Å². The molecule has 1 aromatic heterocycles. The smallest absolute Gasteiger partial charge is 0.188 e. The number of rotatable bonds is 7. The standard InChI is InChI=1S/C17H18N2O3S/c1-21-11-14-16(22-2)13(18-17(19-14)23-3)9-10-15(20)12-7-5-4-6-8-12/h4-10H,11H2,1-3H3/b10-9+. The van der Waals surface area contributed by atoms with E-state index in [-0.39, 0.29) is 5.78 Å². The van der Waals surface area contributed by atoms with Crippen LogP contribution in [0.3, 0.4) is 0 Å². The molecule has 5 nitrogen and oxygen atoms in total. The number of carbonyl (C=O) groups is 1. The molecule has 0 spiro atoms. The summed E-state index contributed by atoms with van der Waals surface area (Å²) >= 11 is 1.42. The maximum atomic E-state index is 12.2. The molecule has 0 aliphatic carbocycles. The van der Waals surface area contributed by atoms with Gasteiger partial charge in [0.2, 0.25) is 0 Å². The summed E-state index contributed by atoms with van der Waals surface area (Å²) in [5, 5.41) is 0.602. The lowest BCUT2D eigenvalue weighted by molar-refractivity contribution is 0.104. The summed E-state index contributed by atoms with van der Waals surface area (Å²) in [4.78, 5) is 21.0. The van der Waals surface area contributed by atoms with Crippen molar-refractivity contribution in [3.05, 3.63) is 53.4 Å². The highest BCUT2D eigenvalue weighted by molar-refractivity contribution is 7.98. The number of aromatic nitrogens is 2. The Morgan fingerprint density at radius 3 is 2.57 bits per heavy atom. The highest BCUT2D eigenvalue weighted by atomic mass is 32.2. The topological polar surface area (TPSA) is 61.3 Å². The highest BCUT2D eigenvalue weighted by Gasteiger charge is 2.13. The van der Waals surface area contributed by atoms with Gasteiger partial charge in [-0.3, -0.25) is 4.79 Å². The van der Waals surface area contributed by atoms with E-state index in [1.54, 1.807) is 32.4 Å². The fourth-order valence-corrected chi connectivity index (χ4v) is 2.40. The van der Waals surface area contributed by atoms with E-state index in [4.69, 9.17) is 9.47 Å². The minimum Gasteiger partial charge on any atom is -0.492 e. The molecule has 0 fully saturated rings. The van der Waals surface area contributed by atoms with Gasteiger partial charge in [-0.1, -0.05) is 42.1 Å². The number of ether oxygens (including phenoxy) is 2. The van der Waals surface area contributed by atoms with E-state index < -0.39 is 0 Å². The number of carbonyl (C=O) groups excluding carboxylic acids is 1. The van der Waals surface area contributed by atoms with Crippen LogP contribution in [0.5, 0.6) is 5.75 Å². The monoisotopic (exact) mass is 330 g/mol. The van der Waals surface area contributed by atoms with Crippen LogP contribution < -0.4 is 4.74 Å². The minimum absolute atomic E-state index is 0.0924. The summed E-state index contributed by atoms with van der Waals surface area (Å²) in [7, 11) is 3.14. The first-order valence-electron chi connectivity index (χ1n) is 6.95. The number of thioether (sulfide) groups is 1. The number of benzene rings is 1. The quantitative estimate of drug-likeness (QED) is 0.336. The second-order valence-electron chi connectivity index (χ2n) is 4.57. The van der Waals surface area contributed by atoms with Crippen LogP contribution in [0.25, 0.3) is 6.08 Å². The Labute approximate surface area is 139 Å². The SMILES string of the molecule is COCc1nc(SC)nc(/C=C/C(=O)c2ccccc2)c1OC. The van der Waals surface area contributed by atoms with Gasteiger partial charge in [0.15, 0.2) is 16.7 Å². The fourth-order valence-electron chi connectivity index (χ4n) is 2.01. The van der Waals surface area contributed by atoms with E-state index in [0.29, 0.717) is 34.5 Å². The Balaban J connectivity index is 2.36. The maximum absolute atomic E-state index is 12.2. The van der Waals surface area contributed by atoms with Crippen LogP contribution in [0.1, 0.15) is 21.7 Å². The molecule has 2 rings (SSSR count). The molecule has 0 atom stereocenters. The number of ketones is 1. The van der Waals surface area contributed by atoms with Gasteiger partial charge in [0, 0.05) is 12.7 Å². The van der Waals surface area contributed by atoms with Crippen LogP contribution >= 0.6 is 11.8 Å². The lowest BCUT2D eigenvalue weighted by Gasteiger charge is -2.11. The Morgan fingerprint density at radius 1 is 1.22 bits per heavy atom. The summed E-state index contributed by atoms with van der Waals surface area (Å²) in [6, 6.07) is 9.07. The molecule has 0 radical (unpaired) electrons. The molecule has 0 saturated heterocycles.